The molecule has 0 spiro atoms. The Bertz CT molecular complexity index is 295. The quantitative estimate of drug-likeness (QED) is 0.720. The van der Waals surface area contributed by atoms with Crippen molar-refractivity contribution >= 4 is 10.0 Å². The summed E-state index contributed by atoms with van der Waals surface area (Å²) in [5.74, 6) is 0.926. The van der Waals surface area contributed by atoms with Gasteiger partial charge in [0, 0.05) is 12.6 Å². The first-order chi connectivity index (χ1) is 6.65. The molecule has 1 atom stereocenters. The van der Waals surface area contributed by atoms with Crippen LogP contribution in [0.3, 0.4) is 0 Å². The average Bonchev–Trinajstić information content (AvgIpc) is 2.50. The van der Waals surface area contributed by atoms with Gasteiger partial charge in [-0.1, -0.05) is 6.42 Å². The SMILES string of the molecule is CCS(=O)(=O)N1CCCC1C1CCC1. The molecule has 2 aliphatic rings. The van der Waals surface area contributed by atoms with Crippen LogP contribution in [0.4, 0.5) is 0 Å². The van der Waals surface area contributed by atoms with E-state index in [4.69, 9.17) is 0 Å². The molecule has 4 heteroatoms. The van der Waals surface area contributed by atoms with Crippen LogP contribution in [0.15, 0.2) is 0 Å². The Hall–Kier alpha value is -0.0900. The second kappa shape index (κ2) is 3.81. The van der Waals surface area contributed by atoms with Crippen molar-refractivity contribution in [3.63, 3.8) is 0 Å². The van der Waals surface area contributed by atoms with Crippen LogP contribution in [0.5, 0.6) is 0 Å². The lowest BCUT2D eigenvalue weighted by Crippen LogP contribution is -2.42. The van der Waals surface area contributed by atoms with Crippen molar-refractivity contribution in [1.82, 2.24) is 4.31 Å². The van der Waals surface area contributed by atoms with Gasteiger partial charge in [0.2, 0.25) is 10.0 Å². The molecule has 0 radical (unpaired) electrons. The molecular weight excluding hydrogens is 198 g/mol. The van der Waals surface area contributed by atoms with E-state index in [1.54, 1.807) is 11.2 Å². The third-order valence-electron chi connectivity index (χ3n) is 3.66. The molecule has 1 saturated carbocycles. The Morgan fingerprint density at radius 3 is 2.43 bits per heavy atom. The highest BCUT2D eigenvalue weighted by Gasteiger charge is 2.39. The highest BCUT2D eigenvalue weighted by atomic mass is 32.2. The monoisotopic (exact) mass is 217 g/mol. The highest BCUT2D eigenvalue weighted by Crippen LogP contribution is 2.38. The number of nitrogens with zero attached hydrogens (tertiary/aromatic N) is 1. The largest absolute Gasteiger partial charge is 0.214 e. The van der Waals surface area contributed by atoms with Crippen LogP contribution >= 0.6 is 0 Å². The van der Waals surface area contributed by atoms with Gasteiger partial charge in [-0.25, -0.2) is 8.42 Å². The lowest BCUT2D eigenvalue weighted by atomic mass is 9.79. The van der Waals surface area contributed by atoms with Crippen LogP contribution < -0.4 is 0 Å². The van der Waals surface area contributed by atoms with Gasteiger partial charge in [-0.05, 0) is 38.5 Å². The third-order valence-corrected chi connectivity index (χ3v) is 5.56. The van der Waals surface area contributed by atoms with E-state index in [-0.39, 0.29) is 5.75 Å². The molecule has 3 nitrogen and oxygen atoms in total. The minimum Gasteiger partial charge on any atom is -0.212 e. The van der Waals surface area contributed by atoms with Crippen molar-refractivity contribution in [1.29, 1.82) is 0 Å². The van der Waals surface area contributed by atoms with Crippen molar-refractivity contribution in [2.24, 2.45) is 5.92 Å². The van der Waals surface area contributed by atoms with Gasteiger partial charge in [0.15, 0.2) is 0 Å². The Morgan fingerprint density at radius 2 is 1.93 bits per heavy atom. The molecule has 0 N–H and O–H groups in total. The smallest absolute Gasteiger partial charge is 0.212 e. The molecule has 82 valence electrons. The van der Waals surface area contributed by atoms with E-state index in [2.05, 4.69) is 0 Å². The molecule has 1 saturated heterocycles. The van der Waals surface area contributed by atoms with E-state index >= 15 is 0 Å². The summed E-state index contributed by atoms with van der Waals surface area (Å²) in [7, 11) is -2.93. The zero-order chi connectivity index (χ0) is 10.2. The zero-order valence-corrected chi connectivity index (χ0v) is 9.59. The fraction of sp³-hybridized carbons (Fsp3) is 1.00. The summed E-state index contributed by atoms with van der Waals surface area (Å²) < 4.78 is 25.3. The van der Waals surface area contributed by atoms with Gasteiger partial charge in [0.25, 0.3) is 0 Å². The van der Waals surface area contributed by atoms with E-state index < -0.39 is 10.0 Å². The minimum atomic E-state index is -2.93. The highest BCUT2D eigenvalue weighted by molar-refractivity contribution is 7.89. The first kappa shape index (κ1) is 10.4. The lowest BCUT2D eigenvalue weighted by molar-refractivity contribution is 0.192. The summed E-state index contributed by atoms with van der Waals surface area (Å²) in [6.45, 7) is 2.50. The van der Waals surface area contributed by atoms with Crippen LogP contribution in [-0.2, 0) is 10.0 Å². The summed E-state index contributed by atoms with van der Waals surface area (Å²) >= 11 is 0. The second-order valence-electron chi connectivity index (χ2n) is 4.41. The van der Waals surface area contributed by atoms with Gasteiger partial charge in [-0.3, -0.25) is 0 Å². The number of hydrogen-bond donors (Lipinski definition) is 0. The van der Waals surface area contributed by atoms with Crippen molar-refractivity contribution in [2.45, 2.75) is 45.1 Å². The summed E-state index contributed by atoms with van der Waals surface area (Å²) in [4.78, 5) is 0. The van der Waals surface area contributed by atoms with E-state index in [1.165, 1.54) is 19.3 Å². The Labute approximate surface area is 86.5 Å². The van der Waals surface area contributed by atoms with Crippen LogP contribution in [-0.4, -0.2) is 31.1 Å². The minimum absolute atomic E-state index is 0.260. The topological polar surface area (TPSA) is 37.4 Å². The number of sulfonamides is 1. The predicted molar refractivity (Wildman–Crippen MR) is 56.5 cm³/mol. The normalized spacial score (nSPS) is 30.5. The fourth-order valence-corrected chi connectivity index (χ4v) is 4.00. The fourth-order valence-electron chi connectivity index (χ4n) is 2.57. The van der Waals surface area contributed by atoms with Gasteiger partial charge < -0.3 is 0 Å². The molecule has 2 rings (SSSR count). The molecular formula is C10H19NO2S. The first-order valence-corrected chi connectivity index (χ1v) is 7.25. The molecule has 1 unspecified atom stereocenters. The summed E-state index contributed by atoms with van der Waals surface area (Å²) in [6.07, 6.45) is 5.91. The van der Waals surface area contributed by atoms with Gasteiger partial charge in [-0.15, -0.1) is 0 Å². The lowest BCUT2D eigenvalue weighted by Gasteiger charge is -2.36. The predicted octanol–water partition coefficient (Wildman–Crippen LogP) is 1.60. The van der Waals surface area contributed by atoms with Crippen molar-refractivity contribution in [3.05, 3.63) is 0 Å². The molecule has 1 heterocycles. The number of hydrogen-bond acceptors (Lipinski definition) is 2. The van der Waals surface area contributed by atoms with Gasteiger partial charge in [0.1, 0.15) is 0 Å². The van der Waals surface area contributed by atoms with Crippen LogP contribution in [0.25, 0.3) is 0 Å². The molecule has 0 bridgehead atoms. The van der Waals surface area contributed by atoms with Gasteiger partial charge >= 0.3 is 0 Å². The van der Waals surface area contributed by atoms with Crippen molar-refractivity contribution in [3.8, 4) is 0 Å². The molecule has 0 aromatic heterocycles. The van der Waals surface area contributed by atoms with Crippen molar-refractivity contribution in [2.75, 3.05) is 12.3 Å². The molecule has 0 aromatic carbocycles. The molecule has 14 heavy (non-hydrogen) atoms. The van der Waals surface area contributed by atoms with Crippen LogP contribution in [0.2, 0.25) is 0 Å². The maximum absolute atomic E-state index is 11.8. The van der Waals surface area contributed by atoms with E-state index in [0.717, 1.165) is 19.4 Å². The van der Waals surface area contributed by atoms with E-state index in [0.29, 0.717) is 12.0 Å². The molecule has 1 aliphatic carbocycles. The van der Waals surface area contributed by atoms with Crippen LogP contribution in [0, 0.1) is 5.92 Å². The Balaban J connectivity index is 2.10. The zero-order valence-electron chi connectivity index (χ0n) is 8.78. The van der Waals surface area contributed by atoms with Gasteiger partial charge in [-0.2, -0.15) is 4.31 Å². The molecule has 1 aliphatic heterocycles. The average molecular weight is 217 g/mol. The molecule has 0 aromatic rings. The number of rotatable bonds is 3. The first-order valence-electron chi connectivity index (χ1n) is 5.64. The second-order valence-corrected chi connectivity index (χ2v) is 6.62. The standard InChI is InChI=1S/C10H19NO2S/c1-2-14(12,13)11-8-4-7-10(11)9-5-3-6-9/h9-10H,2-8H2,1H3. The summed E-state index contributed by atoms with van der Waals surface area (Å²) in [6, 6.07) is 0.341. The van der Waals surface area contributed by atoms with Gasteiger partial charge in [0.05, 0.1) is 5.75 Å². The maximum Gasteiger partial charge on any atom is 0.214 e. The van der Waals surface area contributed by atoms with E-state index in [1.807, 2.05) is 0 Å². The van der Waals surface area contributed by atoms with Crippen LogP contribution in [0.1, 0.15) is 39.0 Å². The molecule has 2 fully saturated rings. The Kier molecular flexibility index (Phi) is 2.84. The van der Waals surface area contributed by atoms with Crippen molar-refractivity contribution < 1.29 is 8.42 Å². The van der Waals surface area contributed by atoms with E-state index in [9.17, 15) is 8.42 Å². The maximum atomic E-state index is 11.8. The summed E-state index contributed by atoms with van der Waals surface area (Å²) in [5.41, 5.74) is 0. The Morgan fingerprint density at radius 1 is 1.21 bits per heavy atom. The molecule has 0 amide bonds. The third kappa shape index (κ3) is 1.70. The summed E-state index contributed by atoms with van der Waals surface area (Å²) in [5, 5.41) is 0.